The highest BCUT2D eigenvalue weighted by molar-refractivity contribution is 5.48. The van der Waals surface area contributed by atoms with Crippen LogP contribution in [0.15, 0.2) is 37.1 Å². The first-order valence-electron chi connectivity index (χ1n) is 10.1. The maximum atomic E-state index is 13.8. The van der Waals surface area contributed by atoms with Crippen molar-refractivity contribution in [3.8, 4) is 0 Å². The predicted octanol–water partition coefficient (Wildman–Crippen LogP) is 6.84. The van der Waals surface area contributed by atoms with Gasteiger partial charge in [0.05, 0.1) is 0 Å². The molecule has 2 rings (SSSR count). The van der Waals surface area contributed by atoms with E-state index in [1.165, 1.54) is 31.4 Å². The van der Waals surface area contributed by atoms with Crippen LogP contribution in [-0.2, 0) is 6.42 Å². The quantitative estimate of drug-likeness (QED) is 0.460. The smallest absolute Gasteiger partial charge is 0.130 e. The molecule has 1 nitrogen and oxygen atoms in total. The van der Waals surface area contributed by atoms with Gasteiger partial charge < -0.3 is 4.90 Å². The molecule has 0 unspecified atom stereocenters. The summed E-state index contributed by atoms with van der Waals surface area (Å²) >= 11 is 0. The van der Waals surface area contributed by atoms with Crippen LogP contribution in [0.2, 0.25) is 0 Å². The molecule has 0 aromatic heterocycles. The molecule has 2 heteroatoms. The Labute approximate surface area is 160 Å². The molecule has 144 valence electrons. The Bertz CT molecular complexity index is 603. The van der Waals surface area contributed by atoms with E-state index in [-0.39, 0.29) is 5.82 Å². The lowest BCUT2D eigenvalue weighted by molar-refractivity contribution is 0.199. The Morgan fingerprint density at radius 3 is 2.50 bits per heavy atom. The van der Waals surface area contributed by atoms with Crippen LogP contribution in [0.5, 0.6) is 0 Å². The van der Waals surface area contributed by atoms with Crippen LogP contribution in [0.3, 0.4) is 0 Å². The number of unbranched alkanes of at least 4 members (excludes halogenated alkanes) is 1. The highest BCUT2D eigenvalue weighted by Gasteiger charge is 2.22. The Morgan fingerprint density at radius 1 is 1.23 bits per heavy atom. The number of likely N-dealkylation sites (tertiary alicyclic amines) is 1. The third-order valence-corrected chi connectivity index (χ3v) is 5.41. The summed E-state index contributed by atoms with van der Waals surface area (Å²) < 4.78 is 13.8. The van der Waals surface area contributed by atoms with E-state index in [4.69, 9.17) is 0 Å². The van der Waals surface area contributed by atoms with Crippen LogP contribution in [0.4, 0.5) is 4.39 Å². The highest BCUT2D eigenvalue weighted by atomic mass is 19.1. The monoisotopic (exact) mass is 357 g/mol. The van der Waals surface area contributed by atoms with Crippen molar-refractivity contribution in [3.63, 3.8) is 0 Å². The minimum Gasteiger partial charge on any atom is -0.375 e. The summed E-state index contributed by atoms with van der Waals surface area (Å²) in [6.45, 7) is 17.1. The van der Waals surface area contributed by atoms with E-state index in [0.717, 1.165) is 43.8 Å². The number of rotatable bonds is 8. The van der Waals surface area contributed by atoms with Gasteiger partial charge in [-0.05, 0) is 55.1 Å². The van der Waals surface area contributed by atoms with Crippen LogP contribution >= 0.6 is 0 Å². The summed E-state index contributed by atoms with van der Waals surface area (Å²) in [7, 11) is 0. The first-order chi connectivity index (χ1) is 12.3. The number of benzene rings is 1. The molecular weight excluding hydrogens is 321 g/mol. The summed E-state index contributed by atoms with van der Waals surface area (Å²) in [6.07, 6.45) is 9.86. The third kappa shape index (κ3) is 6.63. The van der Waals surface area contributed by atoms with E-state index in [9.17, 15) is 4.39 Å². The van der Waals surface area contributed by atoms with Crippen molar-refractivity contribution in [3.05, 3.63) is 54.0 Å². The van der Waals surface area contributed by atoms with Gasteiger partial charge in [0.1, 0.15) is 5.82 Å². The first-order valence-corrected chi connectivity index (χ1v) is 10.1. The third-order valence-electron chi connectivity index (χ3n) is 5.41. The van der Waals surface area contributed by atoms with Crippen LogP contribution < -0.4 is 0 Å². The maximum Gasteiger partial charge on any atom is 0.130 e. The van der Waals surface area contributed by atoms with E-state index in [2.05, 4.69) is 38.8 Å². The number of allylic oxidation sites excluding steroid dienone is 1. The Hall–Kier alpha value is -1.57. The van der Waals surface area contributed by atoms with E-state index in [0.29, 0.717) is 11.0 Å². The number of hydrogen-bond donors (Lipinski definition) is 0. The summed E-state index contributed by atoms with van der Waals surface area (Å²) in [4.78, 5) is 2.49. The van der Waals surface area contributed by atoms with Crippen LogP contribution in [0, 0.1) is 17.2 Å². The van der Waals surface area contributed by atoms with Gasteiger partial charge >= 0.3 is 0 Å². The van der Waals surface area contributed by atoms with E-state index in [1.807, 2.05) is 12.1 Å². The average molecular weight is 358 g/mol. The van der Waals surface area contributed by atoms with Gasteiger partial charge in [-0.3, -0.25) is 0 Å². The average Bonchev–Trinajstić information content (AvgIpc) is 2.58. The standard InChI is InChI=1S/C24H36FN/c1-6-22-12-11-21(17-23(22)25)10-8-7-9-20-13-15-26(16-14-20)19(2)18-24(3,4)5/h6,11-12,17,20H,1-2,7-10,13-16,18H2,3-5H3. The number of aryl methyl sites for hydroxylation is 1. The van der Waals surface area contributed by atoms with Gasteiger partial charge in [-0.15, -0.1) is 0 Å². The molecule has 1 saturated heterocycles. The SMILES string of the molecule is C=Cc1ccc(CCCCC2CCN(C(=C)CC(C)(C)C)CC2)cc1F. The highest BCUT2D eigenvalue weighted by Crippen LogP contribution is 2.30. The normalized spacial score (nSPS) is 15.9. The number of halogens is 1. The maximum absolute atomic E-state index is 13.8. The van der Waals surface area contributed by atoms with E-state index >= 15 is 0 Å². The second-order valence-electron chi connectivity index (χ2n) is 9.04. The zero-order valence-electron chi connectivity index (χ0n) is 17.0. The van der Waals surface area contributed by atoms with Gasteiger partial charge in [-0.25, -0.2) is 4.39 Å². The molecule has 0 saturated carbocycles. The second kappa shape index (κ2) is 9.39. The van der Waals surface area contributed by atoms with Crippen molar-refractivity contribution in [2.75, 3.05) is 13.1 Å². The van der Waals surface area contributed by atoms with Gasteiger partial charge in [-0.2, -0.15) is 0 Å². The first kappa shape index (κ1) is 20.7. The molecular formula is C24H36FN. The van der Waals surface area contributed by atoms with Gasteiger partial charge in [0.2, 0.25) is 0 Å². The molecule has 0 bridgehead atoms. The molecule has 1 heterocycles. The zero-order valence-corrected chi connectivity index (χ0v) is 17.0. The summed E-state index contributed by atoms with van der Waals surface area (Å²) in [5.74, 6) is 0.689. The van der Waals surface area contributed by atoms with Crippen molar-refractivity contribution in [1.29, 1.82) is 0 Å². The molecule has 1 aliphatic rings. The molecule has 0 aliphatic carbocycles. The van der Waals surface area contributed by atoms with Gasteiger partial charge in [0.25, 0.3) is 0 Å². The Kier molecular flexibility index (Phi) is 7.49. The fourth-order valence-corrected chi connectivity index (χ4v) is 3.92. The molecule has 1 aromatic rings. The van der Waals surface area contributed by atoms with Gasteiger partial charge in [0.15, 0.2) is 0 Å². The Morgan fingerprint density at radius 2 is 1.92 bits per heavy atom. The number of nitrogens with zero attached hydrogens (tertiary/aromatic N) is 1. The molecule has 0 radical (unpaired) electrons. The molecule has 0 N–H and O–H groups in total. The van der Waals surface area contributed by atoms with Crippen LogP contribution in [0.1, 0.15) is 70.4 Å². The fraction of sp³-hybridized carbons (Fsp3) is 0.583. The fourth-order valence-electron chi connectivity index (χ4n) is 3.92. The lowest BCUT2D eigenvalue weighted by Gasteiger charge is -2.36. The summed E-state index contributed by atoms with van der Waals surface area (Å²) in [6, 6.07) is 5.52. The lowest BCUT2D eigenvalue weighted by Crippen LogP contribution is -2.34. The zero-order chi connectivity index (χ0) is 19.2. The van der Waals surface area contributed by atoms with Crippen molar-refractivity contribution in [2.24, 2.45) is 11.3 Å². The minimum atomic E-state index is -0.152. The van der Waals surface area contributed by atoms with Crippen LogP contribution in [-0.4, -0.2) is 18.0 Å². The van der Waals surface area contributed by atoms with Crippen molar-refractivity contribution < 1.29 is 4.39 Å². The number of hydrogen-bond acceptors (Lipinski definition) is 1. The van der Waals surface area contributed by atoms with Crippen LogP contribution in [0.25, 0.3) is 6.08 Å². The second-order valence-corrected chi connectivity index (χ2v) is 9.04. The molecule has 0 amide bonds. The summed E-state index contributed by atoms with van der Waals surface area (Å²) in [5.41, 5.74) is 3.31. The van der Waals surface area contributed by atoms with Crippen molar-refractivity contribution >= 4 is 6.08 Å². The lowest BCUT2D eigenvalue weighted by atomic mass is 9.88. The molecule has 0 atom stereocenters. The largest absolute Gasteiger partial charge is 0.375 e. The van der Waals surface area contributed by atoms with Crippen molar-refractivity contribution in [2.45, 2.75) is 65.7 Å². The van der Waals surface area contributed by atoms with Gasteiger partial charge in [-0.1, -0.05) is 65.0 Å². The molecule has 0 spiro atoms. The molecule has 1 aliphatic heterocycles. The minimum absolute atomic E-state index is 0.152. The summed E-state index contributed by atoms with van der Waals surface area (Å²) in [5, 5.41) is 0. The van der Waals surface area contributed by atoms with Gasteiger partial charge in [0, 0.05) is 24.4 Å². The molecule has 1 aromatic carbocycles. The van der Waals surface area contributed by atoms with E-state index < -0.39 is 0 Å². The van der Waals surface area contributed by atoms with E-state index in [1.54, 1.807) is 12.1 Å². The Balaban J connectivity index is 1.65. The molecule has 1 fully saturated rings. The predicted molar refractivity (Wildman–Crippen MR) is 112 cm³/mol. The van der Waals surface area contributed by atoms with Crippen molar-refractivity contribution in [1.82, 2.24) is 4.90 Å². The topological polar surface area (TPSA) is 3.24 Å². The number of piperidine rings is 1. The molecule has 26 heavy (non-hydrogen) atoms.